The minimum Gasteiger partial charge on any atom is -0.349 e. The van der Waals surface area contributed by atoms with Gasteiger partial charge in [0.2, 0.25) is 21.8 Å². The number of rotatable bonds is 5. The Hall–Kier alpha value is -2.92. The van der Waals surface area contributed by atoms with Crippen LogP contribution in [-0.2, 0) is 25.8 Å². The summed E-state index contributed by atoms with van der Waals surface area (Å²) in [7, 11) is -3.83. The molecule has 2 amide bonds. The van der Waals surface area contributed by atoms with Crippen LogP contribution in [0.4, 0.5) is 18.9 Å². The molecule has 2 atom stereocenters. The van der Waals surface area contributed by atoms with E-state index < -0.39 is 45.5 Å². The second-order valence-electron chi connectivity index (χ2n) is 7.30. The van der Waals surface area contributed by atoms with Gasteiger partial charge in [0, 0.05) is 18.7 Å². The Morgan fingerprint density at radius 3 is 2.42 bits per heavy atom. The fourth-order valence-electron chi connectivity index (χ4n) is 3.34. The normalized spacial score (nSPS) is 18.2. The molecule has 0 aliphatic carbocycles. The molecule has 0 spiro atoms. The fraction of sp³-hybridized carbons (Fsp3) is 0.300. The highest BCUT2D eigenvalue weighted by atomic mass is 32.2. The van der Waals surface area contributed by atoms with E-state index in [9.17, 15) is 31.2 Å². The molecule has 7 nitrogen and oxygen atoms in total. The van der Waals surface area contributed by atoms with E-state index in [1.807, 2.05) is 0 Å². The molecule has 166 valence electrons. The number of anilines is 1. The van der Waals surface area contributed by atoms with Gasteiger partial charge in [0.05, 0.1) is 22.4 Å². The van der Waals surface area contributed by atoms with Crippen LogP contribution in [0, 0.1) is 5.92 Å². The lowest BCUT2D eigenvalue weighted by molar-refractivity contribution is -0.137. The van der Waals surface area contributed by atoms with E-state index in [-0.39, 0.29) is 23.5 Å². The van der Waals surface area contributed by atoms with Crippen molar-refractivity contribution in [2.75, 3.05) is 11.4 Å². The SMILES string of the molecule is C[C@H](NC(=O)[C@@H]1CC(=O)N(c2cccc(C(F)(F)F)c2)C1)c1ccc(S(N)(=O)=O)cc1. The Bertz CT molecular complexity index is 1100. The van der Waals surface area contributed by atoms with Crippen LogP contribution in [0.25, 0.3) is 0 Å². The van der Waals surface area contributed by atoms with Gasteiger partial charge in [0.1, 0.15) is 0 Å². The van der Waals surface area contributed by atoms with Crippen molar-refractivity contribution in [3.8, 4) is 0 Å². The maximum Gasteiger partial charge on any atom is 0.416 e. The van der Waals surface area contributed by atoms with Crippen molar-refractivity contribution in [3.63, 3.8) is 0 Å². The van der Waals surface area contributed by atoms with Gasteiger partial charge in [-0.05, 0) is 42.8 Å². The van der Waals surface area contributed by atoms with Crippen molar-refractivity contribution < 1.29 is 31.2 Å². The van der Waals surface area contributed by atoms with Crippen molar-refractivity contribution in [2.24, 2.45) is 11.1 Å². The molecule has 0 radical (unpaired) electrons. The third-order valence-electron chi connectivity index (χ3n) is 5.05. The molecular formula is C20H20F3N3O4S. The first kappa shape index (κ1) is 22.8. The zero-order valence-corrected chi connectivity index (χ0v) is 17.2. The van der Waals surface area contributed by atoms with Gasteiger partial charge in [0.15, 0.2) is 0 Å². The molecule has 2 aromatic rings. The van der Waals surface area contributed by atoms with Gasteiger partial charge in [0.25, 0.3) is 0 Å². The van der Waals surface area contributed by atoms with E-state index in [0.717, 1.165) is 12.1 Å². The molecule has 3 N–H and O–H groups in total. The number of amides is 2. The lowest BCUT2D eigenvalue weighted by atomic mass is 10.1. The van der Waals surface area contributed by atoms with Crippen LogP contribution in [0.15, 0.2) is 53.4 Å². The quantitative estimate of drug-likeness (QED) is 0.722. The Kier molecular flexibility index (Phi) is 6.10. The number of hydrogen-bond acceptors (Lipinski definition) is 4. The average Bonchev–Trinajstić information content (AvgIpc) is 3.08. The highest BCUT2D eigenvalue weighted by Gasteiger charge is 2.37. The third-order valence-corrected chi connectivity index (χ3v) is 5.98. The summed E-state index contributed by atoms with van der Waals surface area (Å²) >= 11 is 0. The van der Waals surface area contributed by atoms with Crippen LogP contribution in [0.1, 0.15) is 30.5 Å². The van der Waals surface area contributed by atoms with Crippen molar-refractivity contribution in [1.29, 1.82) is 0 Å². The summed E-state index contributed by atoms with van der Waals surface area (Å²) < 4.78 is 61.5. The van der Waals surface area contributed by atoms with Crippen molar-refractivity contribution in [3.05, 3.63) is 59.7 Å². The van der Waals surface area contributed by atoms with Gasteiger partial charge in [-0.15, -0.1) is 0 Å². The summed E-state index contributed by atoms with van der Waals surface area (Å²) in [5, 5.41) is 7.80. The van der Waals surface area contributed by atoms with Crippen LogP contribution in [0.3, 0.4) is 0 Å². The number of carbonyl (C=O) groups excluding carboxylic acids is 2. The smallest absolute Gasteiger partial charge is 0.349 e. The Morgan fingerprint density at radius 2 is 1.84 bits per heavy atom. The predicted octanol–water partition coefficient (Wildman–Crippen LogP) is 2.58. The Labute approximate surface area is 177 Å². The van der Waals surface area contributed by atoms with Gasteiger partial charge in [-0.25, -0.2) is 13.6 Å². The molecule has 1 aliphatic rings. The average molecular weight is 455 g/mol. The van der Waals surface area contributed by atoms with Crippen molar-refractivity contribution >= 4 is 27.5 Å². The first-order valence-electron chi connectivity index (χ1n) is 9.27. The van der Waals surface area contributed by atoms with Crippen LogP contribution in [0.5, 0.6) is 0 Å². The number of carbonyl (C=O) groups is 2. The number of alkyl halides is 3. The minimum absolute atomic E-state index is 0.0386. The first-order valence-corrected chi connectivity index (χ1v) is 10.8. The maximum absolute atomic E-state index is 12.9. The number of primary sulfonamides is 1. The lowest BCUT2D eigenvalue weighted by Gasteiger charge is -2.20. The van der Waals surface area contributed by atoms with Crippen LogP contribution < -0.4 is 15.4 Å². The zero-order chi connectivity index (χ0) is 23.0. The molecule has 0 unspecified atom stereocenters. The van der Waals surface area contributed by atoms with Crippen LogP contribution >= 0.6 is 0 Å². The number of benzene rings is 2. The van der Waals surface area contributed by atoms with Gasteiger partial charge in [-0.1, -0.05) is 18.2 Å². The number of halogens is 3. The van der Waals surface area contributed by atoms with E-state index >= 15 is 0 Å². The van der Waals surface area contributed by atoms with E-state index in [1.54, 1.807) is 6.92 Å². The molecular weight excluding hydrogens is 435 g/mol. The number of nitrogens with one attached hydrogen (secondary N) is 1. The third kappa shape index (κ3) is 5.23. The monoisotopic (exact) mass is 455 g/mol. The van der Waals surface area contributed by atoms with E-state index in [2.05, 4.69) is 5.32 Å². The van der Waals surface area contributed by atoms with Gasteiger partial charge in [-0.2, -0.15) is 13.2 Å². The zero-order valence-electron chi connectivity index (χ0n) is 16.4. The van der Waals surface area contributed by atoms with Gasteiger partial charge >= 0.3 is 6.18 Å². The fourth-order valence-corrected chi connectivity index (χ4v) is 3.86. The van der Waals surface area contributed by atoms with E-state index in [0.29, 0.717) is 5.56 Å². The molecule has 1 aliphatic heterocycles. The molecule has 0 saturated carbocycles. The molecule has 1 heterocycles. The summed E-state index contributed by atoms with van der Waals surface area (Å²) in [6.07, 6.45) is -4.66. The topological polar surface area (TPSA) is 110 Å². The molecule has 1 saturated heterocycles. The molecule has 1 fully saturated rings. The van der Waals surface area contributed by atoms with Gasteiger partial charge in [-0.3, -0.25) is 9.59 Å². The molecule has 11 heteroatoms. The summed E-state index contributed by atoms with van der Waals surface area (Å²) in [5.41, 5.74) is -0.163. The lowest BCUT2D eigenvalue weighted by Crippen LogP contribution is -2.34. The first-order chi connectivity index (χ1) is 14.4. The van der Waals surface area contributed by atoms with Crippen LogP contribution in [0.2, 0.25) is 0 Å². The maximum atomic E-state index is 12.9. The second kappa shape index (κ2) is 8.31. The molecule has 0 aromatic heterocycles. The van der Waals surface area contributed by atoms with Crippen LogP contribution in [-0.4, -0.2) is 26.8 Å². The summed E-state index contributed by atoms with van der Waals surface area (Å²) in [6.45, 7) is 1.65. The summed E-state index contributed by atoms with van der Waals surface area (Å²) in [4.78, 5) is 26.1. The summed E-state index contributed by atoms with van der Waals surface area (Å²) in [5.74, 6) is -1.59. The Balaban J connectivity index is 1.68. The Morgan fingerprint density at radius 1 is 1.19 bits per heavy atom. The summed E-state index contributed by atoms with van der Waals surface area (Å²) in [6, 6.07) is 9.59. The van der Waals surface area contributed by atoms with E-state index in [4.69, 9.17) is 5.14 Å². The molecule has 2 aromatic carbocycles. The number of nitrogens with two attached hydrogens (primary N) is 1. The largest absolute Gasteiger partial charge is 0.416 e. The number of sulfonamides is 1. The second-order valence-corrected chi connectivity index (χ2v) is 8.86. The standard InChI is InChI=1S/C20H20F3N3O4S/c1-12(13-5-7-17(8-6-13)31(24,29)30)25-19(28)14-9-18(27)26(11-14)16-4-2-3-15(10-16)20(21,22)23/h2-8,10,12,14H,9,11H2,1H3,(H,25,28)(H2,24,29,30)/t12-,14+/m0/s1. The minimum atomic E-state index is -4.54. The van der Waals surface area contributed by atoms with E-state index in [1.165, 1.54) is 41.3 Å². The number of hydrogen-bond donors (Lipinski definition) is 2. The molecule has 0 bridgehead atoms. The molecule has 3 rings (SSSR count). The molecule has 31 heavy (non-hydrogen) atoms. The highest BCUT2D eigenvalue weighted by molar-refractivity contribution is 7.89. The number of nitrogens with zero attached hydrogens (tertiary/aromatic N) is 1. The van der Waals surface area contributed by atoms with Crippen molar-refractivity contribution in [2.45, 2.75) is 30.5 Å². The van der Waals surface area contributed by atoms with Crippen molar-refractivity contribution in [1.82, 2.24) is 5.32 Å². The highest BCUT2D eigenvalue weighted by Crippen LogP contribution is 2.33. The van der Waals surface area contributed by atoms with Gasteiger partial charge < -0.3 is 10.2 Å². The predicted molar refractivity (Wildman–Crippen MR) is 106 cm³/mol.